The van der Waals surface area contributed by atoms with Gasteiger partial charge in [0.15, 0.2) is 5.78 Å². The number of nitrogens with one attached hydrogen (secondary N) is 1. The van der Waals surface area contributed by atoms with Crippen LogP contribution < -0.4 is 11.1 Å². The third kappa shape index (κ3) is 3.59. The fourth-order valence-electron chi connectivity index (χ4n) is 2.47. The predicted molar refractivity (Wildman–Crippen MR) is 81.4 cm³/mol. The van der Waals surface area contributed by atoms with E-state index in [0.717, 1.165) is 0 Å². The molecule has 6 heteroatoms. The van der Waals surface area contributed by atoms with Crippen molar-refractivity contribution in [2.75, 3.05) is 11.9 Å². The number of carbonyl (C=O) groups excluding carboxylic acids is 2. The first-order valence-corrected chi connectivity index (χ1v) is 7.05. The minimum Gasteiger partial charge on any atom is -0.481 e. The van der Waals surface area contributed by atoms with Crippen molar-refractivity contribution in [1.82, 2.24) is 0 Å². The molecule has 6 nitrogen and oxygen atoms in total. The molecule has 0 saturated heterocycles. The van der Waals surface area contributed by atoms with E-state index in [9.17, 15) is 19.5 Å². The van der Waals surface area contributed by atoms with Gasteiger partial charge >= 0.3 is 5.97 Å². The average molecular weight is 302 g/mol. The number of hydrogen-bond donors (Lipinski definition) is 3. The monoisotopic (exact) mass is 302 g/mol. The zero-order chi connectivity index (χ0) is 16.1. The van der Waals surface area contributed by atoms with Gasteiger partial charge in [0.05, 0.1) is 18.4 Å². The number of hydrogen-bond acceptors (Lipinski definition) is 4. The van der Waals surface area contributed by atoms with E-state index in [1.54, 1.807) is 30.3 Å². The maximum Gasteiger partial charge on any atom is 0.307 e. The molecule has 0 aromatic heterocycles. The van der Waals surface area contributed by atoms with Gasteiger partial charge in [-0.05, 0) is 37.1 Å². The predicted octanol–water partition coefficient (Wildman–Crippen LogP) is 1.43. The van der Waals surface area contributed by atoms with E-state index in [1.165, 1.54) is 0 Å². The van der Waals surface area contributed by atoms with E-state index < -0.39 is 17.8 Å². The summed E-state index contributed by atoms with van der Waals surface area (Å²) in [6.45, 7) is -0.0690. The molecule has 2 unspecified atom stereocenters. The Bertz CT molecular complexity index is 607. The lowest BCUT2D eigenvalue weighted by Crippen LogP contribution is -2.34. The summed E-state index contributed by atoms with van der Waals surface area (Å²) in [6, 6.07) is 6.38. The van der Waals surface area contributed by atoms with Gasteiger partial charge in [0.1, 0.15) is 0 Å². The van der Waals surface area contributed by atoms with Crippen LogP contribution in [-0.2, 0) is 9.59 Å². The van der Waals surface area contributed by atoms with Crippen LogP contribution in [0.4, 0.5) is 5.69 Å². The smallest absolute Gasteiger partial charge is 0.307 e. The van der Waals surface area contributed by atoms with Crippen LogP contribution in [0.25, 0.3) is 0 Å². The van der Waals surface area contributed by atoms with Crippen molar-refractivity contribution in [2.45, 2.75) is 12.8 Å². The normalized spacial score (nSPS) is 20.4. The summed E-state index contributed by atoms with van der Waals surface area (Å²) in [5.41, 5.74) is 6.28. The topological polar surface area (TPSA) is 109 Å². The van der Waals surface area contributed by atoms with E-state index in [4.69, 9.17) is 5.73 Å². The number of nitrogens with two attached hydrogens (primary N) is 1. The van der Waals surface area contributed by atoms with E-state index >= 15 is 0 Å². The second-order valence-electron chi connectivity index (χ2n) is 5.19. The molecule has 0 fully saturated rings. The van der Waals surface area contributed by atoms with Crippen molar-refractivity contribution in [3.63, 3.8) is 0 Å². The van der Waals surface area contributed by atoms with Crippen LogP contribution in [0, 0.1) is 11.8 Å². The van der Waals surface area contributed by atoms with Crippen molar-refractivity contribution in [1.29, 1.82) is 0 Å². The Morgan fingerprint density at radius 2 is 1.68 bits per heavy atom. The number of allylic oxidation sites excluding steroid dienone is 2. The standard InChI is InChI=1S/C16H18N2O4/c17-9-14(19)10-5-7-11(8-6-10)18-15(20)12-3-1-2-4-13(12)16(21)22/h1-2,5-8,12-13H,3-4,9,17H2,(H,18,20)(H,21,22). The van der Waals surface area contributed by atoms with Gasteiger partial charge in [0.2, 0.25) is 5.91 Å². The molecular formula is C16H18N2O4. The highest BCUT2D eigenvalue weighted by Crippen LogP contribution is 2.27. The van der Waals surface area contributed by atoms with Gasteiger partial charge in [-0.15, -0.1) is 0 Å². The lowest BCUT2D eigenvalue weighted by Gasteiger charge is -2.24. The Labute approximate surface area is 128 Å². The van der Waals surface area contributed by atoms with Gasteiger partial charge in [0, 0.05) is 11.3 Å². The summed E-state index contributed by atoms with van der Waals surface area (Å²) >= 11 is 0. The first-order valence-electron chi connectivity index (χ1n) is 7.05. The number of ketones is 1. The van der Waals surface area contributed by atoms with Crippen molar-refractivity contribution < 1.29 is 19.5 Å². The number of amides is 1. The van der Waals surface area contributed by atoms with Crippen molar-refractivity contribution in [3.05, 3.63) is 42.0 Å². The molecule has 0 spiro atoms. The molecule has 2 rings (SSSR count). The number of benzene rings is 1. The van der Waals surface area contributed by atoms with Gasteiger partial charge < -0.3 is 16.2 Å². The maximum absolute atomic E-state index is 12.3. The van der Waals surface area contributed by atoms with Gasteiger partial charge in [-0.2, -0.15) is 0 Å². The summed E-state index contributed by atoms with van der Waals surface area (Å²) in [7, 11) is 0. The van der Waals surface area contributed by atoms with Gasteiger partial charge in [0.25, 0.3) is 0 Å². The van der Waals surface area contributed by atoms with Crippen LogP contribution in [0.1, 0.15) is 23.2 Å². The molecule has 4 N–H and O–H groups in total. The summed E-state index contributed by atoms with van der Waals surface area (Å²) < 4.78 is 0. The molecule has 1 aromatic carbocycles. The Kier molecular flexibility index (Phi) is 5.06. The van der Waals surface area contributed by atoms with Crippen LogP contribution in [0.15, 0.2) is 36.4 Å². The number of carbonyl (C=O) groups is 3. The second kappa shape index (κ2) is 7.00. The Hall–Kier alpha value is -2.47. The summed E-state index contributed by atoms with van der Waals surface area (Å²) in [6.07, 6.45) is 4.38. The zero-order valence-corrected chi connectivity index (χ0v) is 12.0. The summed E-state index contributed by atoms with van der Waals surface area (Å²) in [5.74, 6) is -2.76. The fourth-order valence-corrected chi connectivity index (χ4v) is 2.47. The van der Waals surface area contributed by atoms with Crippen LogP contribution in [0.2, 0.25) is 0 Å². The molecule has 1 aromatic rings. The highest BCUT2D eigenvalue weighted by atomic mass is 16.4. The molecule has 116 valence electrons. The van der Waals surface area contributed by atoms with E-state index in [2.05, 4.69) is 5.32 Å². The van der Waals surface area contributed by atoms with Gasteiger partial charge in [-0.3, -0.25) is 14.4 Å². The quantitative estimate of drug-likeness (QED) is 0.563. The first-order chi connectivity index (χ1) is 10.5. The second-order valence-corrected chi connectivity index (χ2v) is 5.19. The zero-order valence-electron chi connectivity index (χ0n) is 12.0. The fraction of sp³-hybridized carbons (Fsp3) is 0.312. The molecule has 1 amide bonds. The molecule has 0 bridgehead atoms. The largest absolute Gasteiger partial charge is 0.481 e. The van der Waals surface area contributed by atoms with Gasteiger partial charge in [-0.25, -0.2) is 0 Å². The third-order valence-electron chi connectivity index (χ3n) is 3.75. The molecule has 1 aliphatic carbocycles. The van der Waals surface area contributed by atoms with Crippen molar-refractivity contribution in [3.8, 4) is 0 Å². The third-order valence-corrected chi connectivity index (χ3v) is 3.75. The molecule has 1 aliphatic rings. The Morgan fingerprint density at radius 1 is 1.09 bits per heavy atom. The molecule has 0 saturated carbocycles. The van der Waals surface area contributed by atoms with E-state index in [1.807, 2.05) is 6.08 Å². The lowest BCUT2D eigenvalue weighted by molar-refractivity contribution is -0.146. The van der Waals surface area contributed by atoms with Gasteiger partial charge in [-0.1, -0.05) is 12.2 Å². The van der Waals surface area contributed by atoms with E-state index in [0.29, 0.717) is 24.1 Å². The Balaban J connectivity index is 2.06. The number of anilines is 1. The minimum absolute atomic E-state index is 0.0690. The average Bonchev–Trinajstić information content (AvgIpc) is 2.54. The SMILES string of the molecule is NCC(=O)c1ccc(NC(=O)C2CC=CCC2C(=O)O)cc1. The number of Topliss-reactive ketones (excluding diaryl/α,β-unsaturated/α-hetero) is 1. The number of carboxylic acids is 1. The molecule has 0 heterocycles. The highest BCUT2D eigenvalue weighted by molar-refractivity contribution is 5.99. The molecular weight excluding hydrogens is 284 g/mol. The number of carboxylic acid groups (broad SMARTS) is 1. The van der Waals surface area contributed by atoms with Crippen LogP contribution in [-0.4, -0.2) is 29.3 Å². The maximum atomic E-state index is 12.3. The number of rotatable bonds is 5. The highest BCUT2D eigenvalue weighted by Gasteiger charge is 2.33. The summed E-state index contributed by atoms with van der Waals surface area (Å²) in [5, 5.41) is 11.9. The molecule has 0 aliphatic heterocycles. The van der Waals surface area contributed by atoms with Crippen molar-refractivity contribution >= 4 is 23.3 Å². The van der Waals surface area contributed by atoms with E-state index in [-0.39, 0.29) is 18.2 Å². The minimum atomic E-state index is -0.964. The molecule has 22 heavy (non-hydrogen) atoms. The Morgan fingerprint density at radius 3 is 2.23 bits per heavy atom. The van der Waals surface area contributed by atoms with Crippen LogP contribution >= 0.6 is 0 Å². The molecule has 2 atom stereocenters. The first kappa shape index (κ1) is 15.9. The van der Waals surface area contributed by atoms with Crippen LogP contribution in [0.3, 0.4) is 0 Å². The lowest BCUT2D eigenvalue weighted by atomic mass is 9.82. The number of aliphatic carboxylic acids is 1. The van der Waals surface area contributed by atoms with Crippen LogP contribution in [0.5, 0.6) is 0 Å². The molecule has 0 radical (unpaired) electrons. The summed E-state index contributed by atoms with van der Waals surface area (Å²) in [4.78, 5) is 34.9. The van der Waals surface area contributed by atoms with Crippen molar-refractivity contribution in [2.24, 2.45) is 17.6 Å².